The third-order valence-electron chi connectivity index (χ3n) is 2.76. The van der Waals surface area contributed by atoms with Crippen molar-refractivity contribution in [2.75, 3.05) is 0 Å². The monoisotopic (exact) mass is 268 g/mol. The minimum absolute atomic E-state index is 0.0180. The average Bonchev–Trinajstić information content (AvgIpc) is 2.98. The van der Waals surface area contributed by atoms with Crippen LogP contribution in [0.1, 0.15) is 16.2 Å². The molecule has 98 valence electrons. The van der Waals surface area contributed by atoms with Gasteiger partial charge in [0.1, 0.15) is 5.82 Å². The second-order valence-corrected chi connectivity index (χ2v) is 4.13. The molecule has 0 aliphatic carbocycles. The van der Waals surface area contributed by atoms with E-state index in [2.05, 4.69) is 10.1 Å². The summed E-state index contributed by atoms with van der Waals surface area (Å²) >= 11 is 0. The molecule has 0 spiro atoms. The number of ketones is 1. The summed E-state index contributed by atoms with van der Waals surface area (Å²) in [7, 11) is 0. The quantitative estimate of drug-likeness (QED) is 0.685. The van der Waals surface area contributed by atoms with Crippen LogP contribution in [0.2, 0.25) is 0 Å². The Labute approximate surface area is 113 Å². The van der Waals surface area contributed by atoms with Gasteiger partial charge >= 0.3 is 0 Å². The van der Waals surface area contributed by atoms with Crippen molar-refractivity contribution in [2.24, 2.45) is 0 Å². The number of benzene rings is 2. The predicted molar refractivity (Wildman–Crippen MR) is 69.6 cm³/mol. The fraction of sp³-hybridized carbons (Fsp3) is 0. The van der Waals surface area contributed by atoms with Crippen LogP contribution in [0, 0.1) is 5.82 Å². The maximum atomic E-state index is 12.8. The van der Waals surface area contributed by atoms with Crippen molar-refractivity contribution < 1.29 is 13.7 Å². The molecule has 0 N–H and O–H groups in total. The van der Waals surface area contributed by atoms with Gasteiger partial charge < -0.3 is 4.52 Å². The van der Waals surface area contributed by atoms with E-state index in [0.717, 1.165) is 0 Å². The van der Waals surface area contributed by atoms with Crippen molar-refractivity contribution in [1.29, 1.82) is 0 Å². The topological polar surface area (TPSA) is 56.0 Å². The van der Waals surface area contributed by atoms with E-state index < -0.39 is 0 Å². The molecule has 0 saturated carbocycles. The highest BCUT2D eigenvalue weighted by Crippen LogP contribution is 2.18. The molecule has 0 saturated heterocycles. The van der Waals surface area contributed by atoms with Crippen molar-refractivity contribution in [3.05, 3.63) is 71.8 Å². The van der Waals surface area contributed by atoms with Gasteiger partial charge in [-0.05, 0) is 24.3 Å². The van der Waals surface area contributed by atoms with E-state index in [9.17, 15) is 9.18 Å². The Morgan fingerprint density at radius 1 is 1.00 bits per heavy atom. The molecule has 20 heavy (non-hydrogen) atoms. The van der Waals surface area contributed by atoms with Crippen molar-refractivity contribution in [2.45, 2.75) is 0 Å². The normalized spacial score (nSPS) is 10.4. The Hall–Kier alpha value is -2.82. The van der Waals surface area contributed by atoms with E-state index in [-0.39, 0.29) is 23.3 Å². The number of hydrogen-bond donors (Lipinski definition) is 0. The molecule has 0 bridgehead atoms. The molecule has 0 aliphatic rings. The Bertz CT molecular complexity index is 736. The third kappa shape index (κ3) is 2.33. The first-order valence-electron chi connectivity index (χ1n) is 5.93. The summed E-state index contributed by atoms with van der Waals surface area (Å²) in [6.07, 6.45) is 0. The molecule has 0 fully saturated rings. The van der Waals surface area contributed by atoms with Crippen molar-refractivity contribution >= 4 is 5.78 Å². The van der Waals surface area contributed by atoms with Crippen molar-refractivity contribution in [3.63, 3.8) is 0 Å². The van der Waals surface area contributed by atoms with Gasteiger partial charge in [0, 0.05) is 11.1 Å². The molecule has 0 atom stereocenters. The van der Waals surface area contributed by atoms with E-state index in [1.807, 2.05) is 6.07 Å². The molecule has 2 aromatic carbocycles. The lowest BCUT2D eigenvalue weighted by Gasteiger charge is -1.94. The second-order valence-electron chi connectivity index (χ2n) is 4.13. The first-order valence-corrected chi connectivity index (χ1v) is 5.93. The highest BCUT2D eigenvalue weighted by molar-refractivity contribution is 6.06. The van der Waals surface area contributed by atoms with Crippen LogP contribution < -0.4 is 0 Å². The molecule has 3 aromatic rings. The van der Waals surface area contributed by atoms with Gasteiger partial charge in [-0.1, -0.05) is 35.5 Å². The average molecular weight is 268 g/mol. The van der Waals surface area contributed by atoms with Crippen LogP contribution in [0.5, 0.6) is 0 Å². The molecule has 0 aliphatic heterocycles. The number of nitrogens with zero attached hydrogens (tertiary/aromatic N) is 2. The number of carbonyl (C=O) groups excluding carboxylic acids is 1. The molecule has 0 unspecified atom stereocenters. The Morgan fingerprint density at radius 2 is 1.70 bits per heavy atom. The molecule has 1 heterocycles. The number of hydrogen-bond acceptors (Lipinski definition) is 4. The second kappa shape index (κ2) is 5.05. The number of halogens is 1. The van der Waals surface area contributed by atoms with Crippen LogP contribution in [0.4, 0.5) is 4.39 Å². The molecule has 4 nitrogen and oxygen atoms in total. The first kappa shape index (κ1) is 12.2. The largest absolute Gasteiger partial charge is 0.333 e. The lowest BCUT2D eigenvalue weighted by atomic mass is 10.1. The molecule has 0 radical (unpaired) electrons. The maximum absolute atomic E-state index is 12.8. The summed E-state index contributed by atoms with van der Waals surface area (Å²) in [5.74, 6) is -0.503. The summed E-state index contributed by atoms with van der Waals surface area (Å²) in [6, 6.07) is 14.3. The fourth-order valence-electron chi connectivity index (χ4n) is 1.74. The van der Waals surface area contributed by atoms with Gasteiger partial charge in [-0.2, -0.15) is 4.98 Å². The summed E-state index contributed by atoms with van der Waals surface area (Å²) in [5, 5.41) is 3.66. The molecular formula is C15H9FN2O2. The van der Waals surface area contributed by atoms with E-state index >= 15 is 0 Å². The zero-order valence-corrected chi connectivity index (χ0v) is 10.3. The van der Waals surface area contributed by atoms with Crippen molar-refractivity contribution in [1.82, 2.24) is 10.1 Å². The summed E-state index contributed by atoms with van der Waals surface area (Å²) < 4.78 is 17.9. The maximum Gasteiger partial charge on any atom is 0.258 e. The highest BCUT2D eigenvalue weighted by atomic mass is 19.1. The first-order chi connectivity index (χ1) is 9.74. The summed E-state index contributed by atoms with van der Waals surface area (Å²) in [6.45, 7) is 0. The minimum atomic E-state index is -0.353. The third-order valence-corrected chi connectivity index (χ3v) is 2.76. The van der Waals surface area contributed by atoms with Gasteiger partial charge in [-0.3, -0.25) is 4.79 Å². The highest BCUT2D eigenvalue weighted by Gasteiger charge is 2.17. The van der Waals surface area contributed by atoms with Crippen LogP contribution in [-0.2, 0) is 0 Å². The van der Waals surface area contributed by atoms with Crippen molar-refractivity contribution in [3.8, 4) is 11.5 Å². The number of aromatic nitrogens is 2. The van der Waals surface area contributed by atoms with Crippen LogP contribution in [0.25, 0.3) is 11.5 Å². The SMILES string of the molecule is O=C(c1ccccc1)c1noc(-c2ccc(F)cc2)n1. The lowest BCUT2D eigenvalue weighted by molar-refractivity contribution is 0.102. The van der Waals surface area contributed by atoms with Crippen LogP contribution in [-0.4, -0.2) is 15.9 Å². The molecule has 1 aromatic heterocycles. The van der Waals surface area contributed by atoms with E-state index in [1.165, 1.54) is 24.3 Å². The van der Waals surface area contributed by atoms with Gasteiger partial charge in [0.2, 0.25) is 11.6 Å². The van der Waals surface area contributed by atoms with Gasteiger partial charge in [-0.15, -0.1) is 0 Å². The zero-order valence-electron chi connectivity index (χ0n) is 10.3. The number of rotatable bonds is 3. The lowest BCUT2D eigenvalue weighted by Crippen LogP contribution is -2.03. The minimum Gasteiger partial charge on any atom is -0.333 e. The Kier molecular flexibility index (Phi) is 3.09. The predicted octanol–water partition coefficient (Wildman–Crippen LogP) is 3.11. The standard InChI is InChI=1S/C15H9FN2O2/c16-12-8-6-11(7-9-12)15-17-14(18-20-15)13(19)10-4-2-1-3-5-10/h1-9H. The van der Waals surface area contributed by atoms with Gasteiger partial charge in [0.25, 0.3) is 5.89 Å². The van der Waals surface area contributed by atoms with E-state index in [4.69, 9.17) is 4.52 Å². The Morgan fingerprint density at radius 3 is 2.40 bits per heavy atom. The molecular weight excluding hydrogens is 259 g/mol. The van der Waals surface area contributed by atoms with Gasteiger partial charge in [0.05, 0.1) is 0 Å². The fourth-order valence-corrected chi connectivity index (χ4v) is 1.74. The van der Waals surface area contributed by atoms with E-state index in [0.29, 0.717) is 11.1 Å². The summed E-state index contributed by atoms with van der Waals surface area (Å²) in [4.78, 5) is 16.1. The van der Waals surface area contributed by atoms with E-state index in [1.54, 1.807) is 24.3 Å². The van der Waals surface area contributed by atoms with Crippen LogP contribution >= 0.6 is 0 Å². The smallest absolute Gasteiger partial charge is 0.258 e. The zero-order chi connectivity index (χ0) is 13.9. The molecule has 3 rings (SSSR count). The van der Waals surface area contributed by atoms with Crippen LogP contribution in [0.15, 0.2) is 59.1 Å². The van der Waals surface area contributed by atoms with Gasteiger partial charge in [0.15, 0.2) is 0 Å². The number of carbonyl (C=O) groups is 1. The molecule has 5 heteroatoms. The summed E-state index contributed by atoms with van der Waals surface area (Å²) in [5.41, 5.74) is 1.05. The Balaban J connectivity index is 1.91. The van der Waals surface area contributed by atoms with Gasteiger partial charge in [-0.25, -0.2) is 4.39 Å². The molecule has 0 amide bonds. The van der Waals surface area contributed by atoms with Crippen LogP contribution in [0.3, 0.4) is 0 Å².